The molecule has 0 spiro atoms. The van der Waals surface area contributed by atoms with Crippen molar-refractivity contribution in [1.82, 2.24) is 4.98 Å². The van der Waals surface area contributed by atoms with E-state index in [0.717, 1.165) is 34.4 Å². The van der Waals surface area contributed by atoms with Crippen molar-refractivity contribution in [1.29, 1.82) is 5.26 Å². The van der Waals surface area contributed by atoms with Crippen LogP contribution in [0.3, 0.4) is 0 Å². The normalized spacial score (nSPS) is 10.3. The van der Waals surface area contributed by atoms with Gasteiger partial charge >= 0.3 is 0 Å². The molecule has 1 aromatic heterocycles. The maximum atomic E-state index is 8.70. The Kier molecular flexibility index (Phi) is 3.38. The predicted octanol–water partition coefficient (Wildman–Crippen LogP) is 4.42. The number of aromatic amines is 1. The molecule has 3 heteroatoms. The van der Waals surface area contributed by atoms with Gasteiger partial charge in [-0.05, 0) is 42.3 Å². The largest absolute Gasteiger partial charge is 0.457 e. The first-order valence-electron chi connectivity index (χ1n) is 6.57. The van der Waals surface area contributed by atoms with E-state index in [1.165, 1.54) is 0 Å². The van der Waals surface area contributed by atoms with Crippen LogP contribution in [0.25, 0.3) is 10.9 Å². The Morgan fingerprint density at radius 1 is 1.05 bits per heavy atom. The van der Waals surface area contributed by atoms with Crippen molar-refractivity contribution in [2.24, 2.45) is 0 Å². The van der Waals surface area contributed by atoms with Crippen LogP contribution >= 0.6 is 0 Å². The second-order valence-corrected chi connectivity index (χ2v) is 4.59. The molecule has 0 bridgehead atoms. The number of nitrogens with zero attached hydrogens (tertiary/aromatic N) is 1. The van der Waals surface area contributed by atoms with Crippen molar-refractivity contribution < 1.29 is 4.74 Å². The minimum absolute atomic E-state index is 0.525. The molecule has 0 fully saturated rings. The van der Waals surface area contributed by atoms with Crippen LogP contribution in [0.2, 0.25) is 0 Å². The van der Waals surface area contributed by atoms with Crippen LogP contribution in [0.15, 0.2) is 54.7 Å². The minimum atomic E-state index is 0.525. The molecular weight excluding hydrogens is 248 g/mol. The average molecular weight is 262 g/mol. The van der Waals surface area contributed by atoms with E-state index in [2.05, 4.69) is 11.1 Å². The molecule has 0 aliphatic heterocycles. The fraction of sp³-hybridized carbons (Fsp3) is 0.118. The molecule has 20 heavy (non-hydrogen) atoms. The molecule has 0 unspecified atom stereocenters. The van der Waals surface area contributed by atoms with Gasteiger partial charge in [0.15, 0.2) is 0 Å². The number of hydrogen-bond donors (Lipinski definition) is 1. The van der Waals surface area contributed by atoms with Crippen LogP contribution in [0.1, 0.15) is 12.0 Å². The molecule has 3 nitrogen and oxygen atoms in total. The van der Waals surface area contributed by atoms with Gasteiger partial charge < -0.3 is 9.72 Å². The molecule has 0 atom stereocenters. The second kappa shape index (κ2) is 5.50. The SMILES string of the molecule is N#CCCc1c[nH]c2ccc(Oc3ccccc3)cc12. The Balaban J connectivity index is 1.91. The summed E-state index contributed by atoms with van der Waals surface area (Å²) >= 11 is 0. The van der Waals surface area contributed by atoms with Crippen molar-refractivity contribution in [2.75, 3.05) is 0 Å². The third-order valence-corrected chi connectivity index (χ3v) is 3.22. The summed E-state index contributed by atoms with van der Waals surface area (Å²) in [4.78, 5) is 3.22. The van der Waals surface area contributed by atoms with Crippen LogP contribution in [-0.4, -0.2) is 4.98 Å². The van der Waals surface area contributed by atoms with Gasteiger partial charge in [0, 0.05) is 23.5 Å². The molecule has 2 aromatic carbocycles. The lowest BCUT2D eigenvalue weighted by Crippen LogP contribution is -1.85. The fourth-order valence-corrected chi connectivity index (χ4v) is 2.24. The van der Waals surface area contributed by atoms with Gasteiger partial charge in [0.1, 0.15) is 11.5 Å². The molecular formula is C17H14N2O. The molecule has 0 radical (unpaired) electrons. The fourth-order valence-electron chi connectivity index (χ4n) is 2.24. The number of nitrogens with one attached hydrogen (secondary N) is 1. The van der Waals surface area contributed by atoms with Crippen LogP contribution in [0, 0.1) is 11.3 Å². The highest BCUT2D eigenvalue weighted by atomic mass is 16.5. The van der Waals surface area contributed by atoms with Gasteiger partial charge in [-0.1, -0.05) is 18.2 Å². The first-order valence-corrected chi connectivity index (χ1v) is 6.57. The molecule has 3 aromatic rings. The van der Waals surface area contributed by atoms with Gasteiger partial charge in [-0.25, -0.2) is 0 Å². The van der Waals surface area contributed by atoms with Gasteiger partial charge in [0.2, 0.25) is 0 Å². The molecule has 0 aliphatic carbocycles. The highest BCUT2D eigenvalue weighted by molar-refractivity contribution is 5.84. The summed E-state index contributed by atoms with van der Waals surface area (Å²) in [6.07, 6.45) is 3.25. The van der Waals surface area contributed by atoms with Crippen LogP contribution in [0.4, 0.5) is 0 Å². The Bertz CT molecular complexity index is 754. The number of fused-ring (bicyclic) bond motifs is 1. The minimum Gasteiger partial charge on any atom is -0.457 e. The second-order valence-electron chi connectivity index (χ2n) is 4.59. The third-order valence-electron chi connectivity index (χ3n) is 3.22. The molecule has 98 valence electrons. The van der Waals surface area contributed by atoms with Gasteiger partial charge in [0.25, 0.3) is 0 Å². The number of benzene rings is 2. The standard InChI is InChI=1S/C17H14N2O/c18-10-4-5-13-12-19-17-9-8-15(11-16(13)17)20-14-6-2-1-3-7-14/h1-3,6-9,11-12,19H,4-5H2. The summed E-state index contributed by atoms with van der Waals surface area (Å²) in [6.45, 7) is 0. The summed E-state index contributed by atoms with van der Waals surface area (Å²) in [5.41, 5.74) is 2.22. The summed E-state index contributed by atoms with van der Waals surface area (Å²) in [5.74, 6) is 1.63. The van der Waals surface area contributed by atoms with Crippen molar-refractivity contribution in [3.8, 4) is 17.6 Å². The first kappa shape index (κ1) is 12.3. The zero-order valence-electron chi connectivity index (χ0n) is 11.0. The number of H-pyrrole nitrogens is 1. The van der Waals surface area contributed by atoms with E-state index in [1.807, 2.05) is 54.7 Å². The zero-order valence-corrected chi connectivity index (χ0v) is 11.0. The number of ether oxygens (including phenoxy) is 1. The number of nitriles is 1. The highest BCUT2D eigenvalue weighted by Crippen LogP contribution is 2.27. The lowest BCUT2D eigenvalue weighted by Gasteiger charge is -2.06. The first-order chi connectivity index (χ1) is 9.86. The summed E-state index contributed by atoms with van der Waals surface area (Å²) in [6, 6.07) is 17.9. The number of hydrogen-bond acceptors (Lipinski definition) is 2. The Labute approximate surface area is 117 Å². The highest BCUT2D eigenvalue weighted by Gasteiger charge is 2.05. The molecule has 3 rings (SSSR count). The van der Waals surface area contributed by atoms with E-state index in [9.17, 15) is 0 Å². The molecule has 1 heterocycles. The van der Waals surface area contributed by atoms with Gasteiger partial charge in [0.05, 0.1) is 6.07 Å². The molecule has 1 N–H and O–H groups in total. The summed E-state index contributed by atoms with van der Waals surface area (Å²) in [5, 5.41) is 9.82. The Morgan fingerprint density at radius 2 is 1.90 bits per heavy atom. The average Bonchev–Trinajstić information content (AvgIpc) is 2.89. The monoisotopic (exact) mass is 262 g/mol. The maximum absolute atomic E-state index is 8.70. The van der Waals surface area contributed by atoms with E-state index in [1.54, 1.807) is 0 Å². The maximum Gasteiger partial charge on any atom is 0.128 e. The van der Waals surface area contributed by atoms with Gasteiger partial charge in [-0.15, -0.1) is 0 Å². The lowest BCUT2D eigenvalue weighted by molar-refractivity contribution is 0.483. The predicted molar refractivity (Wildman–Crippen MR) is 78.7 cm³/mol. The quantitative estimate of drug-likeness (QED) is 0.756. The number of aromatic nitrogens is 1. The Morgan fingerprint density at radius 3 is 2.70 bits per heavy atom. The summed E-state index contributed by atoms with van der Waals surface area (Å²) < 4.78 is 5.84. The van der Waals surface area contributed by atoms with E-state index >= 15 is 0 Å². The topological polar surface area (TPSA) is 48.8 Å². The van der Waals surface area contributed by atoms with E-state index < -0.39 is 0 Å². The number of aryl methyl sites for hydroxylation is 1. The number of rotatable bonds is 4. The number of para-hydroxylation sites is 1. The summed E-state index contributed by atoms with van der Waals surface area (Å²) in [7, 11) is 0. The smallest absolute Gasteiger partial charge is 0.128 e. The van der Waals surface area contributed by atoms with E-state index in [4.69, 9.17) is 10.00 Å². The van der Waals surface area contributed by atoms with Gasteiger partial charge in [-0.2, -0.15) is 5.26 Å². The molecule has 0 saturated heterocycles. The third kappa shape index (κ3) is 2.50. The van der Waals surface area contributed by atoms with E-state index in [-0.39, 0.29) is 0 Å². The van der Waals surface area contributed by atoms with Crippen LogP contribution in [0.5, 0.6) is 11.5 Å². The van der Waals surface area contributed by atoms with E-state index in [0.29, 0.717) is 6.42 Å². The molecule has 0 saturated carbocycles. The van der Waals surface area contributed by atoms with Crippen LogP contribution in [-0.2, 0) is 6.42 Å². The zero-order chi connectivity index (χ0) is 13.8. The van der Waals surface area contributed by atoms with Crippen molar-refractivity contribution in [2.45, 2.75) is 12.8 Å². The van der Waals surface area contributed by atoms with Crippen LogP contribution < -0.4 is 4.74 Å². The van der Waals surface area contributed by atoms with Crippen molar-refractivity contribution in [3.63, 3.8) is 0 Å². The molecule has 0 aliphatic rings. The lowest BCUT2D eigenvalue weighted by atomic mass is 10.1. The van der Waals surface area contributed by atoms with Crippen molar-refractivity contribution >= 4 is 10.9 Å². The van der Waals surface area contributed by atoms with Crippen molar-refractivity contribution in [3.05, 3.63) is 60.3 Å². The van der Waals surface area contributed by atoms with Gasteiger partial charge in [-0.3, -0.25) is 0 Å². The molecule has 0 amide bonds. The Hall–Kier alpha value is -2.73.